The monoisotopic (exact) mass is 387 g/mol. The zero-order valence-electron chi connectivity index (χ0n) is 17.5. The maximum Gasteiger partial charge on any atom is 0.253 e. The maximum absolute atomic E-state index is 15.3. The highest BCUT2D eigenvalue weighted by molar-refractivity contribution is 5.95. The molecule has 0 N–H and O–H groups in total. The molecule has 0 bridgehead atoms. The zero-order chi connectivity index (χ0) is 20.5. The molecule has 0 atom stereocenters. The first kappa shape index (κ1) is 20.5. The van der Waals surface area contributed by atoms with Crippen LogP contribution in [0.3, 0.4) is 0 Å². The Hall–Kier alpha value is -2.21. The molecule has 5 nitrogen and oxygen atoms in total. The minimum atomic E-state index is -1.28. The van der Waals surface area contributed by atoms with Crippen LogP contribution in [0.1, 0.15) is 49.8 Å². The van der Waals surface area contributed by atoms with Gasteiger partial charge in [0.25, 0.3) is 5.91 Å². The standard InChI is InChI=1S/C22H30FN3O2/c1-21(2,3)20-24-18(14-26(20)15-22(23)9-11-28-12-10-22)16-7-6-8-17(13-16)19(27)25(4)5/h6-8,13-14H,9-12,15H2,1-5H3. The molecular formula is C22H30FN3O2. The number of halogens is 1. The van der Waals surface area contributed by atoms with Gasteiger partial charge < -0.3 is 14.2 Å². The lowest BCUT2D eigenvalue weighted by Gasteiger charge is -2.31. The van der Waals surface area contributed by atoms with Crippen LogP contribution in [0.15, 0.2) is 30.5 Å². The summed E-state index contributed by atoms with van der Waals surface area (Å²) >= 11 is 0. The molecule has 0 aliphatic carbocycles. The molecule has 28 heavy (non-hydrogen) atoms. The molecular weight excluding hydrogens is 357 g/mol. The van der Waals surface area contributed by atoms with Crippen molar-refractivity contribution in [2.24, 2.45) is 0 Å². The van der Waals surface area contributed by atoms with Gasteiger partial charge >= 0.3 is 0 Å². The van der Waals surface area contributed by atoms with Crippen molar-refractivity contribution in [1.29, 1.82) is 0 Å². The molecule has 1 fully saturated rings. The highest BCUT2D eigenvalue weighted by Crippen LogP contribution is 2.32. The Morgan fingerprint density at radius 1 is 1.29 bits per heavy atom. The molecule has 0 saturated carbocycles. The number of carbonyl (C=O) groups is 1. The van der Waals surface area contributed by atoms with Gasteiger partial charge in [-0.2, -0.15) is 0 Å². The molecule has 0 radical (unpaired) electrons. The maximum atomic E-state index is 15.3. The largest absolute Gasteiger partial charge is 0.381 e. The van der Waals surface area contributed by atoms with Crippen molar-refractivity contribution < 1.29 is 13.9 Å². The topological polar surface area (TPSA) is 47.4 Å². The van der Waals surface area contributed by atoms with Gasteiger partial charge in [-0.15, -0.1) is 0 Å². The average molecular weight is 387 g/mol. The molecule has 1 saturated heterocycles. The lowest BCUT2D eigenvalue weighted by atomic mass is 9.93. The number of rotatable bonds is 4. The van der Waals surface area contributed by atoms with Crippen LogP contribution in [-0.2, 0) is 16.7 Å². The normalized spacial score (nSPS) is 16.8. The summed E-state index contributed by atoms with van der Waals surface area (Å²) in [5, 5.41) is 0. The smallest absolute Gasteiger partial charge is 0.253 e. The van der Waals surface area contributed by atoms with Gasteiger partial charge in [-0.3, -0.25) is 4.79 Å². The van der Waals surface area contributed by atoms with Crippen molar-refractivity contribution in [3.63, 3.8) is 0 Å². The van der Waals surface area contributed by atoms with Crippen LogP contribution in [0, 0.1) is 0 Å². The second kappa shape index (κ2) is 7.66. The molecule has 2 heterocycles. The summed E-state index contributed by atoms with van der Waals surface area (Å²) in [4.78, 5) is 18.7. The highest BCUT2D eigenvalue weighted by atomic mass is 19.1. The summed E-state index contributed by atoms with van der Waals surface area (Å²) in [5.41, 5.74) is 0.724. The van der Waals surface area contributed by atoms with Gasteiger partial charge in [0.05, 0.1) is 12.2 Å². The Morgan fingerprint density at radius 2 is 1.96 bits per heavy atom. The van der Waals surface area contributed by atoms with Crippen LogP contribution < -0.4 is 0 Å². The third-order valence-corrected chi connectivity index (χ3v) is 5.10. The Labute approximate surface area is 166 Å². The fraction of sp³-hybridized carbons (Fsp3) is 0.545. The van der Waals surface area contributed by atoms with E-state index in [0.717, 1.165) is 17.1 Å². The van der Waals surface area contributed by atoms with Crippen molar-refractivity contribution in [2.75, 3.05) is 27.3 Å². The van der Waals surface area contributed by atoms with Crippen molar-refractivity contribution in [3.8, 4) is 11.3 Å². The van der Waals surface area contributed by atoms with E-state index in [4.69, 9.17) is 9.72 Å². The summed E-state index contributed by atoms with van der Waals surface area (Å²) < 4.78 is 22.6. The Balaban J connectivity index is 1.98. The third kappa shape index (κ3) is 4.43. The van der Waals surface area contributed by atoms with E-state index in [9.17, 15) is 4.79 Å². The summed E-state index contributed by atoms with van der Waals surface area (Å²) in [7, 11) is 3.46. The molecule has 1 aliphatic heterocycles. The van der Waals surface area contributed by atoms with E-state index in [0.29, 0.717) is 31.6 Å². The van der Waals surface area contributed by atoms with E-state index in [1.54, 1.807) is 25.1 Å². The Morgan fingerprint density at radius 3 is 2.57 bits per heavy atom. The van der Waals surface area contributed by atoms with Gasteiger partial charge in [0, 0.05) is 62.9 Å². The first-order valence-electron chi connectivity index (χ1n) is 9.75. The van der Waals surface area contributed by atoms with E-state index in [1.807, 2.05) is 29.0 Å². The number of hydrogen-bond acceptors (Lipinski definition) is 3. The molecule has 1 aromatic carbocycles. The van der Waals surface area contributed by atoms with Crippen LogP contribution in [0.5, 0.6) is 0 Å². The van der Waals surface area contributed by atoms with Gasteiger partial charge in [0.2, 0.25) is 0 Å². The number of hydrogen-bond donors (Lipinski definition) is 0. The van der Waals surface area contributed by atoms with E-state index < -0.39 is 5.67 Å². The quantitative estimate of drug-likeness (QED) is 0.795. The number of amides is 1. The van der Waals surface area contributed by atoms with E-state index in [2.05, 4.69) is 20.8 Å². The van der Waals surface area contributed by atoms with E-state index in [-0.39, 0.29) is 17.9 Å². The molecule has 6 heteroatoms. The van der Waals surface area contributed by atoms with Crippen molar-refractivity contribution >= 4 is 5.91 Å². The fourth-order valence-corrected chi connectivity index (χ4v) is 3.54. The second-order valence-corrected chi connectivity index (χ2v) is 8.87. The summed E-state index contributed by atoms with van der Waals surface area (Å²) in [6, 6.07) is 7.44. The SMILES string of the molecule is CN(C)C(=O)c1cccc(-c2cn(CC3(F)CCOCC3)c(C(C)(C)C)n2)c1. The minimum Gasteiger partial charge on any atom is -0.381 e. The first-order chi connectivity index (χ1) is 13.1. The summed E-state index contributed by atoms with van der Waals surface area (Å²) in [5.74, 6) is 0.789. The van der Waals surface area contributed by atoms with Crippen LogP contribution >= 0.6 is 0 Å². The molecule has 1 amide bonds. The van der Waals surface area contributed by atoms with Gasteiger partial charge in [0.1, 0.15) is 11.5 Å². The van der Waals surface area contributed by atoms with Crippen LogP contribution in [0.4, 0.5) is 4.39 Å². The Kier molecular flexibility index (Phi) is 5.62. The number of ether oxygens (including phenoxy) is 1. The lowest BCUT2D eigenvalue weighted by molar-refractivity contribution is -0.0184. The van der Waals surface area contributed by atoms with Gasteiger partial charge in [0.15, 0.2) is 0 Å². The number of imidazole rings is 1. The fourth-order valence-electron chi connectivity index (χ4n) is 3.54. The number of aromatic nitrogens is 2. The average Bonchev–Trinajstić information content (AvgIpc) is 3.05. The van der Waals surface area contributed by atoms with Gasteiger partial charge in [-0.05, 0) is 12.1 Å². The zero-order valence-corrected chi connectivity index (χ0v) is 17.5. The number of nitrogens with zero attached hydrogens (tertiary/aromatic N) is 3. The van der Waals surface area contributed by atoms with Crippen molar-refractivity contribution in [2.45, 2.75) is 51.2 Å². The number of carbonyl (C=O) groups excluding carboxylic acids is 1. The lowest BCUT2D eigenvalue weighted by Crippen LogP contribution is -2.37. The van der Waals surface area contributed by atoms with Crippen LogP contribution in [0.2, 0.25) is 0 Å². The molecule has 0 spiro atoms. The number of alkyl halides is 1. The second-order valence-electron chi connectivity index (χ2n) is 8.87. The molecule has 152 valence electrons. The summed E-state index contributed by atoms with van der Waals surface area (Å²) in [6.45, 7) is 7.42. The molecule has 0 unspecified atom stereocenters. The predicted molar refractivity (Wildman–Crippen MR) is 108 cm³/mol. The van der Waals surface area contributed by atoms with Gasteiger partial charge in [-0.1, -0.05) is 32.9 Å². The van der Waals surface area contributed by atoms with E-state index >= 15 is 4.39 Å². The summed E-state index contributed by atoms with van der Waals surface area (Å²) in [6.07, 6.45) is 2.71. The number of benzene rings is 1. The van der Waals surface area contributed by atoms with Crippen molar-refractivity contribution in [3.05, 3.63) is 41.9 Å². The molecule has 2 aromatic rings. The van der Waals surface area contributed by atoms with Crippen LogP contribution in [0.25, 0.3) is 11.3 Å². The minimum absolute atomic E-state index is 0.0535. The molecule has 1 aliphatic rings. The third-order valence-electron chi connectivity index (χ3n) is 5.10. The predicted octanol–water partition coefficient (Wildman–Crippen LogP) is 4.07. The molecule has 3 rings (SSSR count). The van der Waals surface area contributed by atoms with Crippen molar-refractivity contribution in [1.82, 2.24) is 14.5 Å². The van der Waals surface area contributed by atoms with E-state index in [1.165, 1.54) is 0 Å². The Bertz CT molecular complexity index is 846. The highest BCUT2D eigenvalue weighted by Gasteiger charge is 2.35. The van der Waals surface area contributed by atoms with Crippen LogP contribution in [-0.4, -0.2) is 53.3 Å². The first-order valence-corrected chi connectivity index (χ1v) is 9.75. The molecule has 1 aromatic heterocycles. The van der Waals surface area contributed by atoms with Gasteiger partial charge in [-0.25, -0.2) is 9.37 Å².